The topological polar surface area (TPSA) is 62.9 Å². The van der Waals surface area contributed by atoms with E-state index >= 15 is 0 Å². The molecule has 7 nitrogen and oxygen atoms in total. The first-order chi connectivity index (χ1) is 19.4. The van der Waals surface area contributed by atoms with Crippen molar-refractivity contribution >= 4 is 10.8 Å². The number of hydrogen-bond donors (Lipinski definition) is 0. The molecule has 0 radical (unpaired) electrons. The maximum Gasteiger partial charge on any atom is 0.213 e. The lowest BCUT2D eigenvalue weighted by molar-refractivity contribution is -0.665. The molecule has 0 atom stereocenters. The van der Waals surface area contributed by atoms with E-state index in [1.807, 2.05) is 61.8 Å². The van der Waals surface area contributed by atoms with E-state index in [0.717, 1.165) is 50.1 Å². The van der Waals surface area contributed by atoms with E-state index in [2.05, 4.69) is 29.7 Å². The van der Waals surface area contributed by atoms with Gasteiger partial charge in [-0.25, -0.2) is 0 Å². The van der Waals surface area contributed by atoms with Crippen molar-refractivity contribution in [3.05, 3.63) is 78.6 Å². The number of methoxy groups -OCH3 is 5. The molecule has 2 aromatic heterocycles. The third-order valence-electron chi connectivity index (χ3n) is 7.30. The monoisotopic (exact) mass is 537 g/mol. The van der Waals surface area contributed by atoms with Crippen LogP contribution in [0.2, 0.25) is 0 Å². The van der Waals surface area contributed by atoms with Crippen molar-refractivity contribution in [2.45, 2.75) is 6.92 Å². The Hall–Kier alpha value is -4.78. The molecule has 0 unspecified atom stereocenters. The molecule has 7 heteroatoms. The van der Waals surface area contributed by atoms with Gasteiger partial charge in [0.1, 0.15) is 7.05 Å². The second-order valence-electron chi connectivity index (χ2n) is 9.34. The Morgan fingerprint density at radius 2 is 1.30 bits per heavy atom. The lowest BCUT2D eigenvalue weighted by Gasteiger charge is -2.17. The second-order valence-corrected chi connectivity index (χ2v) is 9.34. The summed E-state index contributed by atoms with van der Waals surface area (Å²) in [5.74, 6) is 3.07. The van der Waals surface area contributed by atoms with Crippen molar-refractivity contribution in [3.63, 3.8) is 0 Å². The van der Waals surface area contributed by atoms with Crippen molar-refractivity contribution in [2.75, 3.05) is 35.5 Å². The van der Waals surface area contributed by atoms with Gasteiger partial charge in [0.2, 0.25) is 11.4 Å². The van der Waals surface area contributed by atoms with Crippen LogP contribution in [0.25, 0.3) is 44.4 Å². The van der Waals surface area contributed by atoms with Crippen molar-refractivity contribution in [1.82, 2.24) is 4.98 Å². The van der Waals surface area contributed by atoms with E-state index in [1.54, 1.807) is 35.5 Å². The Kier molecular flexibility index (Phi) is 7.47. The van der Waals surface area contributed by atoms with E-state index in [0.29, 0.717) is 28.7 Å². The van der Waals surface area contributed by atoms with Gasteiger partial charge in [-0.05, 0) is 24.3 Å². The second kappa shape index (κ2) is 11.1. The third-order valence-corrected chi connectivity index (χ3v) is 7.30. The number of ether oxygens (including phenoxy) is 5. The summed E-state index contributed by atoms with van der Waals surface area (Å²) in [5, 5.41) is 1.91. The van der Waals surface area contributed by atoms with E-state index in [9.17, 15) is 0 Å². The molecule has 0 aliphatic carbocycles. The highest BCUT2D eigenvalue weighted by atomic mass is 16.5. The molecule has 0 saturated heterocycles. The van der Waals surface area contributed by atoms with Crippen LogP contribution in [0.4, 0.5) is 0 Å². The molecule has 0 fully saturated rings. The Bertz CT molecular complexity index is 1680. The van der Waals surface area contributed by atoms with Crippen molar-refractivity contribution in [1.29, 1.82) is 0 Å². The average Bonchev–Trinajstić information content (AvgIpc) is 3.01. The molecule has 5 aromatic rings. The first kappa shape index (κ1) is 26.8. The minimum Gasteiger partial charge on any atom is -0.493 e. The van der Waals surface area contributed by atoms with Crippen LogP contribution in [0.3, 0.4) is 0 Å². The summed E-state index contributed by atoms with van der Waals surface area (Å²) in [6.45, 7) is 2.06. The quantitative estimate of drug-likeness (QED) is 0.213. The minimum atomic E-state index is 0.563. The Morgan fingerprint density at radius 3 is 1.90 bits per heavy atom. The lowest BCUT2D eigenvalue weighted by atomic mass is 9.97. The van der Waals surface area contributed by atoms with Gasteiger partial charge in [0.05, 0.1) is 52.2 Å². The van der Waals surface area contributed by atoms with Crippen LogP contribution >= 0.6 is 0 Å². The first-order valence-corrected chi connectivity index (χ1v) is 12.9. The Balaban J connectivity index is 1.72. The summed E-state index contributed by atoms with van der Waals surface area (Å²) >= 11 is 0. The molecule has 0 saturated carbocycles. The lowest BCUT2D eigenvalue weighted by Crippen LogP contribution is -2.35. The summed E-state index contributed by atoms with van der Waals surface area (Å²) in [4.78, 5) is 4.74. The van der Waals surface area contributed by atoms with Crippen LogP contribution in [0.5, 0.6) is 28.7 Å². The van der Waals surface area contributed by atoms with Gasteiger partial charge in [-0.3, -0.25) is 4.98 Å². The van der Waals surface area contributed by atoms with Gasteiger partial charge in [0.15, 0.2) is 28.7 Å². The standard InChI is InChI=1S/C33H33N2O5/c1-20-30-24(18-29(37-4)32(39-6)33(30)40-7)16-27(35(20)2)23-15-25(31(38-5)28(17-23)36-3)22-13-14-26(34-19-22)21-11-9-8-10-12-21/h8-19H,1-7H3/q+1. The maximum atomic E-state index is 5.83. The molecule has 40 heavy (non-hydrogen) atoms. The van der Waals surface area contributed by atoms with E-state index in [1.165, 1.54) is 0 Å². The fourth-order valence-electron chi connectivity index (χ4n) is 5.19. The molecule has 2 heterocycles. The third kappa shape index (κ3) is 4.53. The number of nitrogens with zero attached hydrogens (tertiary/aromatic N) is 2. The highest BCUT2D eigenvalue weighted by Gasteiger charge is 2.26. The summed E-state index contributed by atoms with van der Waals surface area (Å²) < 4.78 is 30.8. The van der Waals surface area contributed by atoms with Crippen LogP contribution in [-0.4, -0.2) is 40.5 Å². The highest BCUT2D eigenvalue weighted by Crippen LogP contribution is 2.46. The predicted octanol–water partition coefficient (Wildman–Crippen LogP) is 6.41. The zero-order valence-electron chi connectivity index (χ0n) is 23.9. The van der Waals surface area contributed by atoms with Crippen molar-refractivity contribution in [2.24, 2.45) is 7.05 Å². The van der Waals surface area contributed by atoms with Gasteiger partial charge < -0.3 is 23.7 Å². The van der Waals surface area contributed by atoms with Gasteiger partial charge in [0, 0.05) is 41.3 Å². The molecular formula is C33H33N2O5+. The number of aromatic nitrogens is 2. The highest BCUT2D eigenvalue weighted by molar-refractivity contribution is 5.96. The molecule has 5 rings (SSSR count). The van der Waals surface area contributed by atoms with Gasteiger partial charge in [-0.15, -0.1) is 0 Å². The smallest absolute Gasteiger partial charge is 0.213 e. The van der Waals surface area contributed by atoms with Gasteiger partial charge in [-0.2, -0.15) is 4.57 Å². The SMILES string of the molecule is COc1cc(-c2cc3cc(OC)c(OC)c(OC)c3c(C)[n+]2C)cc(-c2ccc(-c3ccccc3)nc2)c1OC. The molecule has 0 spiro atoms. The number of hydrogen-bond acceptors (Lipinski definition) is 6. The van der Waals surface area contributed by atoms with Crippen molar-refractivity contribution in [3.8, 4) is 62.4 Å². The van der Waals surface area contributed by atoms with Crippen LogP contribution < -0.4 is 28.3 Å². The number of pyridine rings is 2. The molecule has 0 aliphatic rings. The summed E-state index contributed by atoms with van der Waals surface area (Å²) in [7, 11) is 10.2. The summed E-state index contributed by atoms with van der Waals surface area (Å²) in [5.41, 5.74) is 6.72. The molecular weight excluding hydrogens is 504 g/mol. The summed E-state index contributed by atoms with van der Waals surface area (Å²) in [6.07, 6.45) is 1.87. The van der Waals surface area contributed by atoms with Crippen LogP contribution in [0.15, 0.2) is 72.9 Å². The molecule has 0 aliphatic heterocycles. The molecule has 0 bridgehead atoms. The summed E-state index contributed by atoms with van der Waals surface area (Å²) in [6, 6.07) is 22.4. The number of aryl methyl sites for hydroxylation is 1. The van der Waals surface area contributed by atoms with Crippen LogP contribution in [0.1, 0.15) is 5.69 Å². The zero-order valence-corrected chi connectivity index (χ0v) is 23.9. The van der Waals surface area contributed by atoms with Gasteiger partial charge in [-0.1, -0.05) is 36.4 Å². The van der Waals surface area contributed by atoms with Crippen LogP contribution in [0, 0.1) is 6.92 Å². The van der Waals surface area contributed by atoms with Crippen LogP contribution in [-0.2, 0) is 7.05 Å². The normalized spacial score (nSPS) is 10.9. The number of rotatable bonds is 8. The first-order valence-electron chi connectivity index (χ1n) is 12.9. The Morgan fingerprint density at radius 1 is 0.625 bits per heavy atom. The minimum absolute atomic E-state index is 0.563. The van der Waals surface area contributed by atoms with Crippen molar-refractivity contribution < 1.29 is 28.3 Å². The average molecular weight is 538 g/mol. The fraction of sp³-hybridized carbons (Fsp3) is 0.212. The van der Waals surface area contributed by atoms with Gasteiger partial charge >= 0.3 is 0 Å². The van der Waals surface area contributed by atoms with E-state index in [4.69, 9.17) is 28.7 Å². The molecule has 0 N–H and O–H groups in total. The van der Waals surface area contributed by atoms with Gasteiger partial charge in [0.25, 0.3) is 0 Å². The van der Waals surface area contributed by atoms with E-state index < -0.39 is 0 Å². The molecule has 0 amide bonds. The predicted molar refractivity (Wildman–Crippen MR) is 157 cm³/mol. The fourth-order valence-corrected chi connectivity index (χ4v) is 5.19. The largest absolute Gasteiger partial charge is 0.493 e. The van der Waals surface area contributed by atoms with E-state index in [-0.39, 0.29) is 0 Å². The molecule has 3 aromatic carbocycles. The maximum absolute atomic E-state index is 5.83. The number of benzene rings is 3. The number of fused-ring (bicyclic) bond motifs is 1. The molecule has 204 valence electrons. The zero-order chi connectivity index (χ0) is 28.4. The Labute approximate surface area is 234 Å².